The Bertz CT molecular complexity index is 2390. The van der Waals surface area contributed by atoms with Crippen molar-refractivity contribution in [1.29, 1.82) is 0 Å². The summed E-state index contributed by atoms with van der Waals surface area (Å²) >= 11 is 0. The lowest BCUT2D eigenvalue weighted by molar-refractivity contribution is -0.151. The molecule has 2 saturated carbocycles. The Hall–Kier alpha value is -6.70. The summed E-state index contributed by atoms with van der Waals surface area (Å²) < 4.78 is 0. The molecule has 0 spiro atoms. The average molecular weight is 1020 g/mol. The van der Waals surface area contributed by atoms with E-state index in [0.29, 0.717) is 33.9 Å². The fourth-order valence-electron chi connectivity index (χ4n) is 10.4. The predicted molar refractivity (Wildman–Crippen MR) is 302 cm³/mol. The number of benzene rings is 4. The zero-order valence-electron chi connectivity index (χ0n) is 45.5. The van der Waals surface area contributed by atoms with Crippen LogP contribution in [-0.4, -0.2) is 173 Å². The summed E-state index contributed by atoms with van der Waals surface area (Å²) in [5.74, 6) is 0.331. The Labute approximate surface area is 446 Å². The molecule has 396 valence electrons. The van der Waals surface area contributed by atoms with E-state index in [1.54, 1.807) is 24.3 Å². The molecule has 2 heterocycles. The second-order valence-corrected chi connectivity index (χ2v) is 21.5. The highest BCUT2D eigenvalue weighted by Gasteiger charge is 2.38. The Morgan fingerprint density at radius 1 is 0.387 bits per heavy atom. The smallest absolute Gasteiger partial charge is 0.312 e. The molecule has 2 amide bonds. The minimum Gasteiger partial charge on any atom is -0.325 e. The molecular formula is C63H78N6O6. The summed E-state index contributed by atoms with van der Waals surface area (Å²) in [6.45, 7) is 3.66. The zero-order chi connectivity index (χ0) is 54.0. The van der Waals surface area contributed by atoms with Crippen LogP contribution in [0.15, 0.2) is 144 Å². The number of Topliss-reactive ketones (excluding diaryl/α,β-unsaturated/α-hetero) is 4. The van der Waals surface area contributed by atoms with Gasteiger partial charge < -0.3 is 29.4 Å². The molecule has 0 bridgehead atoms. The number of likely N-dealkylation sites (tertiary alicyclic amines) is 2. The second kappa shape index (κ2) is 28.3. The van der Waals surface area contributed by atoms with Crippen molar-refractivity contribution >= 4 is 59.3 Å². The van der Waals surface area contributed by atoms with Crippen molar-refractivity contribution in [2.45, 2.75) is 32.1 Å². The van der Waals surface area contributed by atoms with E-state index in [1.807, 2.05) is 178 Å². The number of carbonyl (C=O) groups is 6. The Morgan fingerprint density at radius 2 is 0.613 bits per heavy atom. The van der Waals surface area contributed by atoms with E-state index in [2.05, 4.69) is 19.6 Å². The van der Waals surface area contributed by atoms with Gasteiger partial charge in [-0.1, -0.05) is 128 Å². The number of nitrogens with zero attached hydrogens (tertiary/aromatic N) is 6. The predicted octanol–water partition coefficient (Wildman–Crippen LogP) is 7.94. The van der Waals surface area contributed by atoms with Crippen LogP contribution in [0.2, 0.25) is 0 Å². The van der Waals surface area contributed by atoms with E-state index in [-0.39, 0.29) is 61.4 Å². The van der Waals surface area contributed by atoms with Gasteiger partial charge >= 0.3 is 11.8 Å². The van der Waals surface area contributed by atoms with E-state index in [1.165, 1.54) is 16.2 Å². The van der Waals surface area contributed by atoms with Crippen molar-refractivity contribution in [2.24, 2.45) is 23.7 Å². The molecule has 12 heteroatoms. The number of piperidine rings is 2. The maximum Gasteiger partial charge on any atom is 0.312 e. The summed E-state index contributed by atoms with van der Waals surface area (Å²) in [6.07, 6.45) is 12.6. The minimum absolute atomic E-state index is 0.00335. The van der Waals surface area contributed by atoms with E-state index >= 15 is 0 Å². The number of amides is 2. The lowest BCUT2D eigenvalue weighted by Crippen LogP contribution is -2.52. The molecule has 4 atom stereocenters. The van der Waals surface area contributed by atoms with Crippen LogP contribution < -0.4 is 0 Å². The number of hydrogen-bond acceptors (Lipinski definition) is 10. The van der Waals surface area contributed by atoms with Crippen LogP contribution >= 0.6 is 0 Å². The van der Waals surface area contributed by atoms with Crippen molar-refractivity contribution in [3.8, 4) is 0 Å². The van der Waals surface area contributed by atoms with Gasteiger partial charge in [0, 0.05) is 72.1 Å². The molecule has 4 aromatic rings. The highest BCUT2D eigenvalue weighted by Crippen LogP contribution is 2.30. The molecule has 2 aliphatic carbocycles. The van der Waals surface area contributed by atoms with E-state index in [9.17, 15) is 28.8 Å². The molecule has 2 saturated heterocycles. The molecule has 8 rings (SSSR count). The maximum atomic E-state index is 14.0. The summed E-state index contributed by atoms with van der Waals surface area (Å²) in [5, 5.41) is 0. The Morgan fingerprint density at radius 3 is 0.840 bits per heavy atom. The van der Waals surface area contributed by atoms with Crippen molar-refractivity contribution in [3.05, 3.63) is 166 Å². The van der Waals surface area contributed by atoms with Crippen molar-refractivity contribution in [2.75, 3.05) is 109 Å². The molecule has 75 heavy (non-hydrogen) atoms. The molecule has 4 unspecified atom stereocenters. The van der Waals surface area contributed by atoms with Crippen molar-refractivity contribution < 1.29 is 28.8 Å². The van der Waals surface area contributed by atoms with Gasteiger partial charge in [-0.15, -0.1) is 0 Å². The van der Waals surface area contributed by atoms with Gasteiger partial charge in [0.15, 0.2) is 11.6 Å². The lowest BCUT2D eigenvalue weighted by atomic mass is 9.79. The van der Waals surface area contributed by atoms with Crippen LogP contribution in [-0.2, 0) is 28.8 Å². The number of carbonyl (C=O) groups excluding carboxylic acids is 6. The first kappa shape index (κ1) is 57.6. The monoisotopic (exact) mass is 1010 g/mol. The van der Waals surface area contributed by atoms with Crippen LogP contribution in [0.5, 0.6) is 0 Å². The highest BCUT2D eigenvalue weighted by molar-refractivity contribution is 6.36. The fraction of sp³-hybridized carbons (Fsp3) is 0.397. The first-order chi connectivity index (χ1) is 35.9. The lowest BCUT2D eigenvalue weighted by Gasteiger charge is -2.33. The number of ketones is 4. The highest BCUT2D eigenvalue weighted by atomic mass is 16.2. The molecule has 12 nitrogen and oxygen atoms in total. The van der Waals surface area contributed by atoms with Crippen LogP contribution in [0.1, 0.15) is 54.4 Å². The van der Waals surface area contributed by atoms with Crippen LogP contribution in [0.25, 0.3) is 24.3 Å². The molecule has 4 aliphatic rings. The van der Waals surface area contributed by atoms with Gasteiger partial charge in [-0.2, -0.15) is 0 Å². The van der Waals surface area contributed by atoms with E-state index in [4.69, 9.17) is 0 Å². The number of hydrogen-bond donors (Lipinski definition) is 0. The van der Waals surface area contributed by atoms with Gasteiger partial charge in [-0.05, 0) is 129 Å². The standard InChI is InChI=1S/C40H32N2O4.C12H24N2O.C11H22N2O/c43-37-33(21-29-13-5-1-6-14-29)25-41(26-34(37)22-30-15-7-2-8-16-30)39(45)40(46)42-27-35(23-31-17-9-3-10-18-31)38(44)36(28-42)24-32-19-11-4-12-20-32;1-13(2)8-10-6-5-7-11(12(10)15)9-14(3)4;1-12(2)7-9-5-6-10(11(9)14)8-13(3)4/h1-24H,25-28H2;10-11H,5-9H2,1-4H3;9-10H,5-8H2,1-4H3/b33-21+,34-22+,35-23+,36-24+;;. The molecule has 4 fully saturated rings. The van der Waals surface area contributed by atoms with Crippen LogP contribution in [0.4, 0.5) is 0 Å². The summed E-state index contributed by atoms with van der Waals surface area (Å²) in [5.41, 5.74) is 4.98. The average Bonchev–Trinajstić information content (AvgIpc) is 3.71. The SMILES string of the molecule is CN(C)CC1CCC(CN(C)C)C1=O.CN(C)CC1CCCC(CN(C)C)C1=O.O=C1/C(=C/c2ccccc2)CN(C(=O)C(=O)N2C/C(=C\c3ccccc3)C(=O)/C(=C/c3ccccc3)C2)C/C1=C\c1ccccc1. The van der Waals surface area contributed by atoms with Crippen molar-refractivity contribution in [1.82, 2.24) is 29.4 Å². The normalized spacial score (nSPS) is 22.3. The second-order valence-electron chi connectivity index (χ2n) is 21.5. The van der Waals surface area contributed by atoms with Crippen molar-refractivity contribution in [3.63, 3.8) is 0 Å². The minimum atomic E-state index is -0.724. The van der Waals surface area contributed by atoms with Crippen LogP contribution in [0, 0.1) is 23.7 Å². The molecule has 2 aliphatic heterocycles. The summed E-state index contributed by atoms with van der Waals surface area (Å²) in [4.78, 5) is 90.5. The van der Waals surface area contributed by atoms with Gasteiger partial charge in [-0.25, -0.2) is 0 Å². The third-order valence-corrected chi connectivity index (χ3v) is 13.9. The topological polar surface area (TPSA) is 122 Å². The van der Waals surface area contributed by atoms with E-state index < -0.39 is 11.8 Å². The summed E-state index contributed by atoms with van der Waals surface area (Å²) in [7, 11) is 16.3. The third-order valence-electron chi connectivity index (χ3n) is 13.9. The van der Waals surface area contributed by atoms with E-state index in [0.717, 1.165) is 74.1 Å². The maximum absolute atomic E-state index is 14.0. The molecule has 4 aromatic carbocycles. The summed E-state index contributed by atoms with van der Waals surface area (Å²) in [6, 6.07) is 37.7. The number of rotatable bonds is 12. The molecule has 0 N–H and O–H groups in total. The first-order valence-electron chi connectivity index (χ1n) is 26.3. The van der Waals surface area contributed by atoms with Gasteiger partial charge in [0.2, 0.25) is 0 Å². The van der Waals surface area contributed by atoms with Gasteiger partial charge in [0.05, 0.1) is 26.2 Å². The van der Waals surface area contributed by atoms with Gasteiger partial charge in [0.1, 0.15) is 11.6 Å². The van der Waals surface area contributed by atoms with Crippen LogP contribution in [0.3, 0.4) is 0 Å². The quantitative estimate of drug-likeness (QED) is 0.102. The largest absolute Gasteiger partial charge is 0.325 e. The van der Waals surface area contributed by atoms with Gasteiger partial charge in [-0.3, -0.25) is 28.8 Å². The Balaban J connectivity index is 0.000000256. The molecular weight excluding hydrogens is 937 g/mol. The fourth-order valence-corrected chi connectivity index (χ4v) is 10.4. The van der Waals surface area contributed by atoms with Gasteiger partial charge in [0.25, 0.3) is 0 Å². The molecule has 0 aromatic heterocycles. The first-order valence-corrected chi connectivity index (χ1v) is 26.3. The molecule has 0 radical (unpaired) electrons. The Kier molecular flexibility index (Phi) is 21.7. The zero-order valence-corrected chi connectivity index (χ0v) is 45.5. The third kappa shape index (κ3) is 17.4.